The topological polar surface area (TPSA) is 84.9 Å². The fraction of sp³-hybridized carbons (Fsp3) is 0.529. The Labute approximate surface area is 159 Å². The lowest BCUT2D eigenvalue weighted by molar-refractivity contribution is 0.0199. The van der Waals surface area contributed by atoms with Crippen LogP contribution in [0.3, 0.4) is 0 Å². The van der Waals surface area contributed by atoms with E-state index in [1.54, 1.807) is 26.8 Å². The van der Waals surface area contributed by atoms with E-state index >= 15 is 0 Å². The summed E-state index contributed by atoms with van der Waals surface area (Å²) >= 11 is 1.77. The van der Waals surface area contributed by atoms with Gasteiger partial charge in [-0.05, 0) is 66.4 Å². The molecule has 0 aliphatic heterocycles. The molecule has 0 fully saturated rings. The highest BCUT2D eigenvalue weighted by Crippen LogP contribution is 2.35. The zero-order valence-electron chi connectivity index (χ0n) is 15.0. The normalized spacial score (nSPS) is 12.4. The molecule has 0 aliphatic rings. The van der Waals surface area contributed by atoms with Gasteiger partial charge in [0.25, 0.3) is 0 Å². The molecule has 1 aromatic carbocycles. The molecular weight excluding hydrogens is 412 g/mol. The standard InChI is InChI=1S/C17H23BrO6S/c1-6-7-10-22-15(19)13-12(25(5)21)9-8-11(18)14(13)23-16(20)24-17(2,3)4/h8-9H,6-7,10H2,1-5H3. The van der Waals surface area contributed by atoms with Gasteiger partial charge in [-0.15, -0.1) is 0 Å². The molecule has 25 heavy (non-hydrogen) atoms. The molecule has 0 saturated carbocycles. The van der Waals surface area contributed by atoms with Crippen LogP contribution in [0.4, 0.5) is 4.79 Å². The van der Waals surface area contributed by atoms with Crippen molar-refractivity contribution in [1.29, 1.82) is 0 Å². The Hall–Kier alpha value is -1.25. The number of benzene rings is 1. The minimum atomic E-state index is -1.47. The third-order valence-corrected chi connectivity index (χ3v) is 4.48. The van der Waals surface area contributed by atoms with Gasteiger partial charge in [-0.2, -0.15) is 0 Å². The van der Waals surface area contributed by atoms with Gasteiger partial charge < -0.3 is 18.8 Å². The molecular formula is C17H23BrO6S. The maximum Gasteiger partial charge on any atom is 0.514 e. The molecule has 140 valence electrons. The van der Waals surface area contributed by atoms with Crippen molar-refractivity contribution in [1.82, 2.24) is 0 Å². The van der Waals surface area contributed by atoms with Crippen molar-refractivity contribution < 1.29 is 28.4 Å². The summed E-state index contributed by atoms with van der Waals surface area (Å²) in [7, 11) is 0. The Balaban J connectivity index is 3.23. The van der Waals surface area contributed by atoms with Crippen molar-refractivity contribution in [3.63, 3.8) is 0 Å². The molecule has 0 aromatic heterocycles. The first kappa shape index (κ1) is 21.8. The first-order valence-electron chi connectivity index (χ1n) is 7.80. The van der Waals surface area contributed by atoms with Crippen LogP contribution in [0.5, 0.6) is 5.75 Å². The molecule has 0 spiro atoms. The monoisotopic (exact) mass is 434 g/mol. The first-order valence-corrected chi connectivity index (χ1v) is 10.2. The minimum absolute atomic E-state index is 0.0443. The van der Waals surface area contributed by atoms with Crippen molar-refractivity contribution in [3.05, 3.63) is 22.2 Å². The van der Waals surface area contributed by atoms with Gasteiger partial charge in [-0.25, -0.2) is 9.59 Å². The van der Waals surface area contributed by atoms with E-state index in [2.05, 4.69) is 15.9 Å². The number of rotatable bonds is 6. The molecule has 1 rings (SSSR count). The summed E-state index contributed by atoms with van der Waals surface area (Å²) in [6.45, 7) is 7.28. The van der Waals surface area contributed by atoms with E-state index in [4.69, 9.17) is 14.2 Å². The average Bonchev–Trinajstić information content (AvgIpc) is 2.47. The minimum Gasteiger partial charge on any atom is -0.612 e. The summed E-state index contributed by atoms with van der Waals surface area (Å²) in [5, 5.41) is 0. The van der Waals surface area contributed by atoms with Gasteiger partial charge in [0.05, 0.1) is 11.1 Å². The van der Waals surface area contributed by atoms with Gasteiger partial charge in [0, 0.05) is 0 Å². The lowest BCUT2D eigenvalue weighted by Crippen LogP contribution is -2.27. The van der Waals surface area contributed by atoms with Crippen LogP contribution in [-0.2, 0) is 20.6 Å². The number of ether oxygens (including phenoxy) is 3. The van der Waals surface area contributed by atoms with E-state index in [1.807, 2.05) is 6.92 Å². The van der Waals surface area contributed by atoms with Crippen LogP contribution < -0.4 is 4.74 Å². The smallest absolute Gasteiger partial charge is 0.514 e. The van der Waals surface area contributed by atoms with Crippen LogP contribution in [0.25, 0.3) is 0 Å². The Morgan fingerprint density at radius 1 is 1.28 bits per heavy atom. The molecule has 1 unspecified atom stereocenters. The van der Waals surface area contributed by atoms with E-state index in [1.165, 1.54) is 12.3 Å². The molecule has 0 radical (unpaired) electrons. The number of halogens is 1. The van der Waals surface area contributed by atoms with Gasteiger partial charge in [-0.1, -0.05) is 13.3 Å². The van der Waals surface area contributed by atoms with Gasteiger partial charge in [0.1, 0.15) is 11.9 Å². The largest absolute Gasteiger partial charge is 0.612 e. The van der Waals surface area contributed by atoms with Crippen molar-refractivity contribution in [2.24, 2.45) is 0 Å². The number of hydrogen-bond acceptors (Lipinski definition) is 6. The van der Waals surface area contributed by atoms with E-state index in [-0.39, 0.29) is 22.8 Å². The lowest BCUT2D eigenvalue weighted by Gasteiger charge is -2.20. The predicted octanol–water partition coefficient (Wildman–Crippen LogP) is 4.46. The molecule has 1 aromatic rings. The fourth-order valence-corrected chi connectivity index (χ4v) is 2.94. The second-order valence-electron chi connectivity index (χ2n) is 6.26. The molecule has 6 nitrogen and oxygen atoms in total. The van der Waals surface area contributed by atoms with Crippen LogP contribution in [0.1, 0.15) is 50.9 Å². The van der Waals surface area contributed by atoms with Crippen molar-refractivity contribution in [2.45, 2.75) is 51.0 Å². The third kappa shape index (κ3) is 6.87. The molecule has 0 bridgehead atoms. The number of carbonyl (C=O) groups is 2. The van der Waals surface area contributed by atoms with Crippen LogP contribution in [0, 0.1) is 0 Å². The molecule has 0 heterocycles. The highest BCUT2D eigenvalue weighted by Gasteiger charge is 2.30. The van der Waals surface area contributed by atoms with E-state index in [0.717, 1.165) is 6.42 Å². The highest BCUT2D eigenvalue weighted by atomic mass is 79.9. The number of hydrogen-bond donors (Lipinski definition) is 0. The molecule has 0 aliphatic carbocycles. The number of unbranched alkanes of at least 4 members (excludes halogenated alkanes) is 1. The zero-order valence-corrected chi connectivity index (χ0v) is 17.4. The molecule has 0 saturated heterocycles. The fourth-order valence-electron chi connectivity index (χ4n) is 1.81. The Morgan fingerprint density at radius 2 is 1.92 bits per heavy atom. The van der Waals surface area contributed by atoms with Crippen LogP contribution in [-0.4, -0.2) is 35.1 Å². The number of carbonyl (C=O) groups excluding carboxylic acids is 2. The van der Waals surface area contributed by atoms with Gasteiger partial charge >= 0.3 is 12.1 Å². The van der Waals surface area contributed by atoms with Crippen molar-refractivity contribution in [2.75, 3.05) is 12.9 Å². The second-order valence-corrected chi connectivity index (χ2v) is 8.46. The van der Waals surface area contributed by atoms with Crippen LogP contribution in [0.2, 0.25) is 0 Å². The molecule has 0 amide bonds. The number of esters is 1. The maximum absolute atomic E-state index is 12.5. The first-order chi connectivity index (χ1) is 11.6. The predicted molar refractivity (Wildman–Crippen MR) is 98.5 cm³/mol. The summed E-state index contributed by atoms with van der Waals surface area (Å²) in [6.07, 6.45) is 2.03. The van der Waals surface area contributed by atoms with Gasteiger partial charge in [-0.3, -0.25) is 0 Å². The van der Waals surface area contributed by atoms with Crippen molar-refractivity contribution >= 4 is 39.2 Å². The maximum atomic E-state index is 12.5. The second kappa shape index (κ2) is 9.45. The average molecular weight is 435 g/mol. The van der Waals surface area contributed by atoms with Gasteiger partial charge in [0.2, 0.25) is 0 Å². The van der Waals surface area contributed by atoms with Gasteiger partial charge in [0.15, 0.2) is 16.2 Å². The Morgan fingerprint density at radius 3 is 2.44 bits per heavy atom. The summed E-state index contributed by atoms with van der Waals surface area (Å²) in [6, 6.07) is 3.08. The van der Waals surface area contributed by atoms with Crippen molar-refractivity contribution in [3.8, 4) is 5.75 Å². The Bertz CT molecular complexity index is 624. The third-order valence-electron chi connectivity index (χ3n) is 2.89. The summed E-state index contributed by atoms with van der Waals surface area (Å²) in [4.78, 5) is 24.7. The quantitative estimate of drug-likeness (QED) is 0.284. The van der Waals surface area contributed by atoms with E-state index in [9.17, 15) is 14.1 Å². The Kier molecular flexibility index (Phi) is 8.24. The zero-order chi connectivity index (χ0) is 19.2. The SMILES string of the molecule is CCCCOC(=O)c1c([S+](C)[O-])ccc(Br)c1OC(=O)OC(C)(C)C. The molecule has 0 N–H and O–H groups in total. The summed E-state index contributed by atoms with van der Waals surface area (Å²) in [5.74, 6) is -0.762. The summed E-state index contributed by atoms with van der Waals surface area (Å²) in [5.41, 5.74) is -0.798. The lowest BCUT2D eigenvalue weighted by atomic mass is 10.2. The molecule has 1 atom stereocenters. The summed E-state index contributed by atoms with van der Waals surface area (Å²) < 4.78 is 27.9. The van der Waals surface area contributed by atoms with E-state index in [0.29, 0.717) is 10.9 Å². The van der Waals surface area contributed by atoms with E-state index < -0.39 is 28.9 Å². The van der Waals surface area contributed by atoms with Crippen LogP contribution in [0.15, 0.2) is 21.5 Å². The molecule has 8 heteroatoms. The highest BCUT2D eigenvalue weighted by molar-refractivity contribution is 9.10. The van der Waals surface area contributed by atoms with Crippen LogP contribution >= 0.6 is 15.9 Å².